The van der Waals surface area contributed by atoms with Crippen LogP contribution in [0.15, 0.2) is 271 Å². The van der Waals surface area contributed by atoms with Crippen molar-refractivity contribution in [2.24, 2.45) is 0 Å². The summed E-state index contributed by atoms with van der Waals surface area (Å²) in [6.07, 6.45) is 0. The number of nitrogens with zero attached hydrogens (tertiary/aromatic N) is 2. The van der Waals surface area contributed by atoms with Gasteiger partial charge >= 0.3 is 0 Å². The van der Waals surface area contributed by atoms with Crippen LogP contribution < -0.4 is 9.80 Å². The van der Waals surface area contributed by atoms with Crippen molar-refractivity contribution in [3.05, 3.63) is 267 Å². The molecule has 0 N–H and O–H groups in total. The van der Waals surface area contributed by atoms with E-state index in [4.69, 9.17) is 4.42 Å². The van der Waals surface area contributed by atoms with E-state index in [0.29, 0.717) is 0 Å². The normalized spacial score (nSPS) is 11.3. The maximum Gasteiger partial charge on any atom is 0.137 e. The zero-order valence-corrected chi connectivity index (χ0v) is 36.7. The average molecular weight is 857 g/mol. The minimum absolute atomic E-state index is 0.868. The van der Waals surface area contributed by atoms with Gasteiger partial charge in [-0.25, -0.2) is 0 Å². The Hall–Kier alpha value is -8.92. The highest BCUT2D eigenvalue weighted by Crippen LogP contribution is 2.44. The lowest BCUT2D eigenvalue weighted by Gasteiger charge is -2.26. The van der Waals surface area contributed by atoms with Crippen LogP contribution in [0.1, 0.15) is 0 Å². The topological polar surface area (TPSA) is 19.6 Å². The van der Waals surface area contributed by atoms with Gasteiger partial charge in [-0.1, -0.05) is 164 Å². The highest BCUT2D eigenvalue weighted by molar-refractivity contribution is 6.13. The van der Waals surface area contributed by atoms with Crippen molar-refractivity contribution in [2.75, 3.05) is 9.80 Å². The van der Waals surface area contributed by atoms with Gasteiger partial charge in [0.25, 0.3) is 0 Å². The first-order valence-electron chi connectivity index (χ1n) is 22.8. The van der Waals surface area contributed by atoms with E-state index in [9.17, 15) is 0 Å². The molecule has 0 bridgehead atoms. The van der Waals surface area contributed by atoms with Gasteiger partial charge in [-0.15, -0.1) is 0 Å². The van der Waals surface area contributed by atoms with Crippen molar-refractivity contribution in [1.82, 2.24) is 0 Å². The van der Waals surface area contributed by atoms with Gasteiger partial charge in [0.05, 0.1) is 11.1 Å². The molecule has 0 fully saturated rings. The summed E-state index contributed by atoms with van der Waals surface area (Å²) in [6.45, 7) is 0. The predicted octanol–water partition coefficient (Wildman–Crippen LogP) is 18.3. The van der Waals surface area contributed by atoms with Gasteiger partial charge in [-0.2, -0.15) is 0 Å². The van der Waals surface area contributed by atoms with Gasteiger partial charge in [0.1, 0.15) is 11.2 Å². The van der Waals surface area contributed by atoms with Crippen molar-refractivity contribution in [1.29, 1.82) is 0 Å². The van der Waals surface area contributed by atoms with Gasteiger partial charge < -0.3 is 14.2 Å². The Labute approximate surface area is 390 Å². The second-order valence-corrected chi connectivity index (χ2v) is 17.0. The Morgan fingerprint density at radius 3 is 1.27 bits per heavy atom. The molecule has 0 atom stereocenters. The van der Waals surface area contributed by atoms with Crippen LogP contribution in [-0.2, 0) is 0 Å². The first-order valence-corrected chi connectivity index (χ1v) is 22.8. The SMILES string of the molecule is c1ccc(-c2ccc(N(c3ccccc3)c3ccc(-c4cc(-c5ccc(N(c6ccccc6)c6cccc7oc8ccccc8c67)cc5)cc(-c5ccc6ccccc6c5)c4)cc3)cc2)cc1. The Kier molecular flexibility index (Phi) is 10.2. The lowest BCUT2D eigenvalue weighted by atomic mass is 9.92. The molecule has 1 aromatic heterocycles. The molecule has 0 unspecified atom stereocenters. The molecular formula is C64H44N2O. The van der Waals surface area contributed by atoms with Gasteiger partial charge in [-0.3, -0.25) is 0 Å². The molecule has 12 rings (SSSR count). The molecule has 0 saturated heterocycles. The largest absolute Gasteiger partial charge is 0.456 e. The van der Waals surface area contributed by atoms with Crippen molar-refractivity contribution in [2.45, 2.75) is 0 Å². The van der Waals surface area contributed by atoms with Gasteiger partial charge in [0.15, 0.2) is 0 Å². The van der Waals surface area contributed by atoms with Crippen LogP contribution in [0.25, 0.3) is 77.2 Å². The summed E-state index contributed by atoms with van der Waals surface area (Å²) in [5.74, 6) is 0. The van der Waals surface area contributed by atoms with E-state index in [1.54, 1.807) is 0 Å². The maximum atomic E-state index is 6.36. The van der Waals surface area contributed by atoms with E-state index in [0.717, 1.165) is 78.3 Å². The zero-order chi connectivity index (χ0) is 44.5. The third-order valence-electron chi connectivity index (χ3n) is 12.8. The van der Waals surface area contributed by atoms with Crippen LogP contribution in [0.4, 0.5) is 34.1 Å². The summed E-state index contributed by atoms with van der Waals surface area (Å²) < 4.78 is 6.36. The highest BCUT2D eigenvalue weighted by Gasteiger charge is 2.20. The molecular weight excluding hydrogens is 813 g/mol. The number of hydrogen-bond donors (Lipinski definition) is 0. The molecule has 11 aromatic carbocycles. The number of para-hydroxylation sites is 3. The molecule has 0 aliphatic carbocycles. The van der Waals surface area contributed by atoms with E-state index in [2.05, 4.69) is 265 Å². The van der Waals surface area contributed by atoms with E-state index in [1.807, 2.05) is 12.1 Å². The van der Waals surface area contributed by atoms with E-state index < -0.39 is 0 Å². The van der Waals surface area contributed by atoms with E-state index in [-0.39, 0.29) is 0 Å². The lowest BCUT2D eigenvalue weighted by Crippen LogP contribution is -2.10. The summed E-state index contributed by atoms with van der Waals surface area (Å²) in [5.41, 5.74) is 17.6. The summed E-state index contributed by atoms with van der Waals surface area (Å²) >= 11 is 0. The molecule has 67 heavy (non-hydrogen) atoms. The number of rotatable bonds is 10. The fourth-order valence-corrected chi connectivity index (χ4v) is 9.51. The van der Waals surface area contributed by atoms with Crippen LogP contribution in [0.3, 0.4) is 0 Å². The van der Waals surface area contributed by atoms with Gasteiger partial charge in [0.2, 0.25) is 0 Å². The quantitative estimate of drug-likeness (QED) is 0.137. The minimum atomic E-state index is 0.868. The summed E-state index contributed by atoms with van der Waals surface area (Å²) in [5, 5.41) is 4.65. The van der Waals surface area contributed by atoms with Crippen molar-refractivity contribution >= 4 is 66.8 Å². The second kappa shape index (κ2) is 17.2. The molecule has 0 radical (unpaired) electrons. The minimum Gasteiger partial charge on any atom is -0.456 e. The molecule has 3 nitrogen and oxygen atoms in total. The zero-order valence-electron chi connectivity index (χ0n) is 36.7. The first-order chi connectivity index (χ1) is 33.2. The van der Waals surface area contributed by atoms with Crippen molar-refractivity contribution in [3.63, 3.8) is 0 Å². The molecule has 12 aromatic rings. The highest BCUT2D eigenvalue weighted by atomic mass is 16.3. The summed E-state index contributed by atoms with van der Waals surface area (Å²) in [7, 11) is 0. The number of hydrogen-bond acceptors (Lipinski definition) is 3. The predicted molar refractivity (Wildman–Crippen MR) is 282 cm³/mol. The molecule has 0 spiro atoms. The Morgan fingerprint density at radius 1 is 0.239 bits per heavy atom. The van der Waals surface area contributed by atoms with Crippen LogP contribution >= 0.6 is 0 Å². The molecule has 0 aliphatic heterocycles. The van der Waals surface area contributed by atoms with Crippen LogP contribution in [0.5, 0.6) is 0 Å². The fraction of sp³-hybridized carbons (Fsp3) is 0. The molecule has 0 saturated carbocycles. The molecule has 1 heterocycles. The Morgan fingerprint density at radius 2 is 0.657 bits per heavy atom. The molecule has 3 heteroatoms. The Bertz CT molecular complexity index is 3660. The lowest BCUT2D eigenvalue weighted by molar-refractivity contribution is 0.669. The first kappa shape index (κ1) is 39.7. The molecule has 0 amide bonds. The monoisotopic (exact) mass is 856 g/mol. The van der Waals surface area contributed by atoms with E-state index in [1.165, 1.54) is 33.0 Å². The fourth-order valence-electron chi connectivity index (χ4n) is 9.51. The number of anilines is 6. The third-order valence-corrected chi connectivity index (χ3v) is 12.8. The van der Waals surface area contributed by atoms with Crippen molar-refractivity contribution < 1.29 is 4.42 Å². The average Bonchev–Trinajstić information content (AvgIpc) is 3.80. The van der Waals surface area contributed by atoms with Crippen LogP contribution in [0.2, 0.25) is 0 Å². The number of fused-ring (bicyclic) bond motifs is 4. The third kappa shape index (κ3) is 7.69. The van der Waals surface area contributed by atoms with Crippen molar-refractivity contribution in [3.8, 4) is 44.5 Å². The van der Waals surface area contributed by atoms with Gasteiger partial charge in [0, 0.05) is 33.8 Å². The van der Waals surface area contributed by atoms with E-state index >= 15 is 0 Å². The Balaban J connectivity index is 0.943. The number of furan rings is 1. The smallest absolute Gasteiger partial charge is 0.137 e. The van der Waals surface area contributed by atoms with Crippen LogP contribution in [0, 0.1) is 0 Å². The maximum absolute atomic E-state index is 6.36. The van der Waals surface area contributed by atoms with Gasteiger partial charge in [-0.05, 0) is 158 Å². The van der Waals surface area contributed by atoms with Crippen LogP contribution in [-0.4, -0.2) is 0 Å². The number of benzene rings is 11. The standard InChI is InChI=1S/C64H44N2O/c1-4-15-45(16-5-1)47-29-35-57(36-30-47)65(55-19-6-2-7-20-55)58-37-31-48(32-38-58)52-42-53(44-54(43-52)51-28-27-46-17-10-11-18-50(46)41-51)49-33-39-59(40-34-49)66(56-21-8-3-9-22-56)61-24-14-26-63-64(61)60-23-12-13-25-62(60)67-63/h1-44H. The molecule has 316 valence electrons. The summed E-state index contributed by atoms with van der Waals surface area (Å²) in [6, 6.07) is 95.6. The summed E-state index contributed by atoms with van der Waals surface area (Å²) in [4.78, 5) is 4.66. The second-order valence-electron chi connectivity index (χ2n) is 17.0. The molecule has 0 aliphatic rings.